The number of fused-ring (bicyclic) bond motifs is 1. The molecule has 0 saturated carbocycles. The Balaban J connectivity index is 1.35. The molecular formula is C28H32FN7O3. The number of aliphatic imine (C=N–C) groups is 1. The molecular weight excluding hydrogens is 501 g/mol. The highest BCUT2D eigenvalue weighted by atomic mass is 19.1. The van der Waals surface area contributed by atoms with Crippen molar-refractivity contribution in [2.75, 3.05) is 39.8 Å². The summed E-state index contributed by atoms with van der Waals surface area (Å²) in [6.07, 6.45) is 4.03. The third kappa shape index (κ3) is 7.14. The van der Waals surface area contributed by atoms with Gasteiger partial charge >= 0.3 is 0 Å². The van der Waals surface area contributed by atoms with Crippen molar-refractivity contribution in [3.05, 3.63) is 75.8 Å². The number of likely N-dealkylation sites (tertiary alicyclic amines) is 1. The molecule has 1 unspecified atom stereocenters. The number of nitrogens with one attached hydrogen (secondary N) is 2. The van der Waals surface area contributed by atoms with Crippen molar-refractivity contribution in [1.29, 1.82) is 0 Å². The third-order valence-electron chi connectivity index (χ3n) is 6.88. The van der Waals surface area contributed by atoms with E-state index in [0.717, 1.165) is 39.0 Å². The fourth-order valence-electron chi connectivity index (χ4n) is 4.63. The van der Waals surface area contributed by atoms with Gasteiger partial charge in [-0.25, -0.2) is 4.39 Å². The minimum atomic E-state index is -0.424. The Hall–Kier alpha value is -4.38. The van der Waals surface area contributed by atoms with E-state index in [2.05, 4.69) is 25.3 Å². The number of hydrogen-bond acceptors (Lipinski definition) is 7. The number of amides is 2. The summed E-state index contributed by atoms with van der Waals surface area (Å²) < 4.78 is 13.6. The van der Waals surface area contributed by atoms with Gasteiger partial charge in [0.15, 0.2) is 0 Å². The van der Waals surface area contributed by atoms with Crippen LogP contribution in [0.1, 0.15) is 28.8 Å². The van der Waals surface area contributed by atoms with E-state index in [1.165, 1.54) is 30.5 Å². The Morgan fingerprint density at radius 1 is 1.23 bits per heavy atom. The molecule has 1 fully saturated rings. The molecule has 1 atom stereocenters. The molecule has 2 amide bonds. The molecule has 4 N–H and O–H groups in total. The van der Waals surface area contributed by atoms with E-state index >= 15 is 0 Å². The number of carbonyl (C=O) groups is 2. The zero-order valence-corrected chi connectivity index (χ0v) is 21.8. The largest absolute Gasteiger partial charge is 0.357 e. The van der Waals surface area contributed by atoms with Crippen molar-refractivity contribution < 1.29 is 14.0 Å². The minimum Gasteiger partial charge on any atom is -0.357 e. The molecule has 0 aliphatic carbocycles. The highest BCUT2D eigenvalue weighted by Crippen LogP contribution is 2.23. The van der Waals surface area contributed by atoms with Gasteiger partial charge in [-0.3, -0.25) is 19.4 Å². The van der Waals surface area contributed by atoms with Gasteiger partial charge in [0.05, 0.1) is 17.5 Å². The molecule has 0 spiro atoms. The summed E-state index contributed by atoms with van der Waals surface area (Å²) in [6.45, 7) is 3.77. The quantitative estimate of drug-likeness (QED) is 0.114. The smallest absolute Gasteiger partial charge is 0.258 e. The first kappa shape index (κ1) is 27.6. The zero-order valence-electron chi connectivity index (χ0n) is 21.8. The van der Waals surface area contributed by atoms with Gasteiger partial charge in [0.25, 0.3) is 11.5 Å². The summed E-state index contributed by atoms with van der Waals surface area (Å²) in [5.41, 5.74) is 1.51. The molecule has 10 nitrogen and oxygen atoms in total. The topological polar surface area (TPSA) is 136 Å². The van der Waals surface area contributed by atoms with Crippen LogP contribution in [0.2, 0.25) is 0 Å². The average molecular weight is 534 g/mol. The van der Waals surface area contributed by atoms with Crippen molar-refractivity contribution in [1.82, 2.24) is 20.1 Å². The molecule has 39 heavy (non-hydrogen) atoms. The van der Waals surface area contributed by atoms with Gasteiger partial charge in [-0.05, 0) is 80.9 Å². The molecule has 1 aliphatic rings. The number of benzene rings is 2. The summed E-state index contributed by atoms with van der Waals surface area (Å²) >= 11 is 0. The van der Waals surface area contributed by atoms with Crippen LogP contribution in [0.15, 0.2) is 63.4 Å². The van der Waals surface area contributed by atoms with Gasteiger partial charge in [-0.2, -0.15) is 5.10 Å². The monoisotopic (exact) mass is 533 g/mol. The van der Waals surface area contributed by atoms with Crippen LogP contribution in [0.3, 0.4) is 0 Å². The van der Waals surface area contributed by atoms with Crippen LogP contribution in [0.5, 0.6) is 0 Å². The Morgan fingerprint density at radius 3 is 2.77 bits per heavy atom. The van der Waals surface area contributed by atoms with Gasteiger partial charge in [0.2, 0.25) is 6.41 Å². The Labute approximate surface area is 225 Å². The average Bonchev–Trinajstić information content (AvgIpc) is 3.42. The normalized spacial score (nSPS) is 15.9. The Kier molecular flexibility index (Phi) is 9.16. The van der Waals surface area contributed by atoms with Crippen LogP contribution in [0.25, 0.3) is 10.9 Å². The first-order valence-electron chi connectivity index (χ1n) is 12.8. The molecule has 11 heteroatoms. The number of H-pyrrole nitrogens is 1. The zero-order chi connectivity index (χ0) is 27.8. The maximum absolute atomic E-state index is 13.6. The van der Waals surface area contributed by atoms with E-state index in [1.807, 2.05) is 11.9 Å². The number of halogens is 1. The molecule has 2 heterocycles. The number of hydrazone groups is 1. The molecule has 0 radical (unpaired) electrons. The van der Waals surface area contributed by atoms with E-state index < -0.39 is 11.4 Å². The van der Waals surface area contributed by atoms with Crippen molar-refractivity contribution in [3.8, 4) is 0 Å². The number of carbonyl (C=O) groups excluding carboxylic acids is 2. The second-order valence-electron chi connectivity index (χ2n) is 9.63. The van der Waals surface area contributed by atoms with E-state index in [1.54, 1.807) is 24.3 Å². The minimum absolute atomic E-state index is 0.0179. The number of rotatable bonds is 11. The lowest BCUT2D eigenvalue weighted by molar-refractivity contribution is -0.109. The van der Waals surface area contributed by atoms with Gasteiger partial charge in [0.1, 0.15) is 11.5 Å². The molecule has 1 saturated heterocycles. The maximum Gasteiger partial charge on any atom is 0.258 e. The highest BCUT2D eigenvalue weighted by molar-refractivity contribution is 6.38. The molecule has 1 aromatic heterocycles. The van der Waals surface area contributed by atoms with Gasteiger partial charge in [-0.15, -0.1) is 0 Å². The molecule has 2 aromatic carbocycles. The van der Waals surface area contributed by atoms with Gasteiger partial charge in [-0.1, -0.05) is 0 Å². The van der Waals surface area contributed by atoms with Crippen LogP contribution in [0, 0.1) is 11.7 Å². The van der Waals surface area contributed by atoms with Crippen molar-refractivity contribution in [3.63, 3.8) is 0 Å². The standard InChI is InChI=1S/C28H32FN7O3/c1-35(13-10-31-18-37)11-8-19-9-12-36(17-19)28(39)20-2-5-23(6-3-20)32-16-26(34-30)24-15-21-14-22(29)4-7-25(21)33-27(24)38/h2-7,14-16,18-19H,8-13,17,30H2,1H3,(H,31,37)(H,33,38). The van der Waals surface area contributed by atoms with Crippen LogP contribution < -0.4 is 16.7 Å². The molecule has 0 bridgehead atoms. The summed E-state index contributed by atoms with van der Waals surface area (Å²) in [7, 11) is 2.03. The lowest BCUT2D eigenvalue weighted by atomic mass is 10.0. The van der Waals surface area contributed by atoms with Crippen molar-refractivity contribution >= 4 is 40.8 Å². The van der Waals surface area contributed by atoms with Crippen LogP contribution in [0.4, 0.5) is 10.1 Å². The summed E-state index contributed by atoms with van der Waals surface area (Å²) in [6, 6.07) is 12.5. The first-order chi connectivity index (χ1) is 18.9. The molecule has 1 aliphatic heterocycles. The second kappa shape index (κ2) is 12.9. The van der Waals surface area contributed by atoms with Crippen LogP contribution >= 0.6 is 0 Å². The summed E-state index contributed by atoms with van der Waals surface area (Å²) in [4.78, 5) is 47.0. The Morgan fingerprint density at radius 2 is 2.03 bits per heavy atom. The van der Waals surface area contributed by atoms with Crippen molar-refractivity contribution in [2.45, 2.75) is 12.8 Å². The molecule has 4 rings (SSSR count). The van der Waals surface area contributed by atoms with Crippen LogP contribution in [-0.2, 0) is 4.79 Å². The SMILES string of the molecule is CN(CCNC=O)CCC1CCN(C(=O)c2ccc(N=CC(=NN)c3cc4cc(F)ccc4[nH]c3=O)cc2)C1. The van der Waals surface area contributed by atoms with E-state index in [9.17, 15) is 18.8 Å². The predicted molar refractivity (Wildman–Crippen MR) is 150 cm³/mol. The second-order valence-corrected chi connectivity index (χ2v) is 9.63. The molecule has 3 aromatic rings. The first-order valence-corrected chi connectivity index (χ1v) is 12.8. The van der Waals surface area contributed by atoms with Crippen LogP contribution in [-0.4, -0.2) is 78.8 Å². The molecule has 204 valence electrons. The lowest BCUT2D eigenvalue weighted by Gasteiger charge is -2.19. The third-order valence-corrected chi connectivity index (χ3v) is 6.88. The van der Waals surface area contributed by atoms with Gasteiger partial charge < -0.3 is 25.9 Å². The van der Waals surface area contributed by atoms with E-state index in [0.29, 0.717) is 41.0 Å². The number of hydrogen-bond donors (Lipinski definition) is 3. The number of aromatic nitrogens is 1. The number of pyridine rings is 1. The number of nitrogens with two attached hydrogens (primary N) is 1. The lowest BCUT2D eigenvalue weighted by Crippen LogP contribution is -2.31. The maximum atomic E-state index is 13.6. The summed E-state index contributed by atoms with van der Waals surface area (Å²) in [5.74, 6) is 5.53. The highest BCUT2D eigenvalue weighted by Gasteiger charge is 2.26. The number of nitrogens with zero attached hydrogens (tertiary/aromatic N) is 4. The van der Waals surface area contributed by atoms with E-state index in [-0.39, 0.29) is 17.2 Å². The fraction of sp³-hybridized carbons (Fsp3) is 0.321. The number of aromatic amines is 1. The summed E-state index contributed by atoms with van der Waals surface area (Å²) in [5, 5.41) is 6.85. The van der Waals surface area contributed by atoms with Crippen molar-refractivity contribution in [2.24, 2.45) is 21.9 Å². The fourth-order valence-corrected chi connectivity index (χ4v) is 4.63. The number of likely N-dealkylation sites (N-methyl/N-ethyl adjacent to an activating group) is 1. The van der Waals surface area contributed by atoms with Gasteiger partial charge in [0, 0.05) is 42.6 Å². The Bertz CT molecular complexity index is 1440. The van der Waals surface area contributed by atoms with E-state index in [4.69, 9.17) is 5.84 Å². The predicted octanol–water partition coefficient (Wildman–Crippen LogP) is 2.26.